The van der Waals surface area contributed by atoms with Crippen molar-refractivity contribution in [3.63, 3.8) is 0 Å². The third kappa shape index (κ3) is 7.63. The summed E-state index contributed by atoms with van der Waals surface area (Å²) >= 11 is 8.20. The molecule has 2 aromatic carbocycles. The van der Waals surface area contributed by atoms with Crippen LogP contribution in [0.25, 0.3) is 0 Å². The first kappa shape index (κ1) is 26.4. The number of hydrogen-bond acceptors (Lipinski definition) is 4. The van der Waals surface area contributed by atoms with Gasteiger partial charge in [0.1, 0.15) is 12.6 Å². The lowest BCUT2D eigenvalue weighted by Gasteiger charge is -2.32. The molecule has 32 heavy (non-hydrogen) atoms. The van der Waals surface area contributed by atoms with E-state index in [9.17, 15) is 18.0 Å². The Hall–Kier alpha value is -1.85. The van der Waals surface area contributed by atoms with Crippen molar-refractivity contribution >= 4 is 61.7 Å². The second-order valence-electron chi connectivity index (χ2n) is 7.74. The van der Waals surface area contributed by atoms with E-state index in [2.05, 4.69) is 27.9 Å². The van der Waals surface area contributed by atoms with E-state index in [1.807, 2.05) is 13.8 Å². The fraction of sp³-hybridized carbons (Fsp3) is 0.364. The largest absolute Gasteiger partial charge is 0.352 e. The van der Waals surface area contributed by atoms with Crippen LogP contribution in [-0.4, -0.2) is 50.0 Å². The van der Waals surface area contributed by atoms with Crippen molar-refractivity contribution in [2.24, 2.45) is 0 Å². The Balaban J connectivity index is 2.38. The predicted octanol–water partition coefficient (Wildman–Crippen LogP) is 3.65. The standard InChI is InChI=1S/C22H27ClIN3O4S/c1-15(2)25-22(29)16(3)26(13-17-6-5-7-18(23)12-17)21(28)14-27(32(4,30)31)20-10-8-19(24)9-11-20/h5-12,15-16H,13-14H2,1-4H3,(H,25,29)/t16-/m1/s1. The van der Waals surface area contributed by atoms with Crippen LogP contribution in [0, 0.1) is 3.57 Å². The average Bonchev–Trinajstić information content (AvgIpc) is 2.69. The summed E-state index contributed by atoms with van der Waals surface area (Å²) in [6.07, 6.45) is 1.05. The van der Waals surface area contributed by atoms with Crippen LogP contribution in [0.1, 0.15) is 26.3 Å². The quantitative estimate of drug-likeness (QED) is 0.451. The first-order valence-corrected chi connectivity index (χ1v) is 13.3. The lowest BCUT2D eigenvalue weighted by molar-refractivity contribution is -0.139. The van der Waals surface area contributed by atoms with Crippen LogP contribution in [0.4, 0.5) is 5.69 Å². The Kier molecular flexibility index (Phi) is 9.35. The molecule has 2 rings (SSSR count). The van der Waals surface area contributed by atoms with Crippen molar-refractivity contribution in [3.8, 4) is 0 Å². The molecule has 10 heteroatoms. The number of nitrogens with one attached hydrogen (secondary N) is 1. The average molecular weight is 592 g/mol. The van der Waals surface area contributed by atoms with Gasteiger partial charge in [0.15, 0.2) is 0 Å². The molecule has 0 spiro atoms. The van der Waals surface area contributed by atoms with Gasteiger partial charge in [-0.3, -0.25) is 13.9 Å². The van der Waals surface area contributed by atoms with Gasteiger partial charge in [0.2, 0.25) is 21.8 Å². The highest BCUT2D eigenvalue weighted by atomic mass is 127. The predicted molar refractivity (Wildman–Crippen MR) is 136 cm³/mol. The molecule has 0 aliphatic carbocycles. The van der Waals surface area contributed by atoms with E-state index in [0.717, 1.165) is 19.7 Å². The number of carbonyl (C=O) groups excluding carboxylic acids is 2. The summed E-state index contributed by atoms with van der Waals surface area (Å²) in [6, 6.07) is 12.9. The molecule has 0 aliphatic rings. The fourth-order valence-electron chi connectivity index (χ4n) is 3.04. The highest BCUT2D eigenvalue weighted by Gasteiger charge is 2.30. The van der Waals surface area contributed by atoms with Gasteiger partial charge in [-0.25, -0.2) is 8.42 Å². The third-order valence-corrected chi connectivity index (χ3v) is 6.73. The number of anilines is 1. The molecule has 0 saturated heterocycles. The Morgan fingerprint density at radius 1 is 1.09 bits per heavy atom. The smallest absolute Gasteiger partial charge is 0.244 e. The minimum absolute atomic E-state index is 0.104. The van der Waals surface area contributed by atoms with Crippen molar-refractivity contribution in [1.82, 2.24) is 10.2 Å². The fourth-order valence-corrected chi connectivity index (χ4v) is 4.46. The summed E-state index contributed by atoms with van der Waals surface area (Å²) < 4.78 is 27.0. The van der Waals surface area contributed by atoms with E-state index in [0.29, 0.717) is 10.7 Å². The third-order valence-electron chi connectivity index (χ3n) is 4.63. The molecule has 2 aromatic rings. The molecule has 0 aromatic heterocycles. The van der Waals surface area contributed by atoms with Gasteiger partial charge in [0.25, 0.3) is 0 Å². The summed E-state index contributed by atoms with van der Waals surface area (Å²) in [5.74, 6) is -0.823. The monoisotopic (exact) mass is 591 g/mol. The maximum Gasteiger partial charge on any atom is 0.244 e. The van der Waals surface area contributed by atoms with Gasteiger partial charge < -0.3 is 10.2 Å². The summed E-state index contributed by atoms with van der Waals surface area (Å²) in [5.41, 5.74) is 1.11. The summed E-state index contributed by atoms with van der Waals surface area (Å²) in [7, 11) is -3.74. The summed E-state index contributed by atoms with van der Waals surface area (Å²) in [5, 5.41) is 3.31. The minimum atomic E-state index is -3.74. The van der Waals surface area contributed by atoms with E-state index in [1.165, 1.54) is 4.90 Å². The zero-order valence-corrected chi connectivity index (χ0v) is 22.1. The van der Waals surface area contributed by atoms with Crippen molar-refractivity contribution in [3.05, 3.63) is 62.7 Å². The molecule has 0 radical (unpaired) electrons. The van der Waals surface area contributed by atoms with E-state index >= 15 is 0 Å². The number of sulfonamides is 1. The van der Waals surface area contributed by atoms with Gasteiger partial charge in [0, 0.05) is 21.2 Å². The molecule has 0 fully saturated rings. The Bertz CT molecular complexity index is 1060. The number of hydrogen-bond donors (Lipinski definition) is 1. The zero-order chi connectivity index (χ0) is 24.1. The van der Waals surface area contributed by atoms with E-state index < -0.39 is 28.5 Å². The van der Waals surface area contributed by atoms with E-state index in [1.54, 1.807) is 55.5 Å². The number of amides is 2. The van der Waals surface area contributed by atoms with Crippen LogP contribution in [0.3, 0.4) is 0 Å². The molecule has 0 unspecified atom stereocenters. The Morgan fingerprint density at radius 2 is 1.72 bits per heavy atom. The molecule has 0 bridgehead atoms. The zero-order valence-electron chi connectivity index (χ0n) is 18.4. The second kappa shape index (κ2) is 11.3. The van der Waals surface area contributed by atoms with Gasteiger partial charge in [0.05, 0.1) is 11.9 Å². The van der Waals surface area contributed by atoms with Gasteiger partial charge >= 0.3 is 0 Å². The highest BCUT2D eigenvalue weighted by molar-refractivity contribution is 14.1. The second-order valence-corrected chi connectivity index (χ2v) is 11.3. The molecular weight excluding hydrogens is 565 g/mol. The highest BCUT2D eigenvalue weighted by Crippen LogP contribution is 2.21. The Morgan fingerprint density at radius 3 is 2.25 bits per heavy atom. The van der Waals surface area contributed by atoms with Crippen molar-refractivity contribution in [2.45, 2.75) is 39.4 Å². The Labute approximate surface area is 208 Å². The summed E-state index contributed by atoms with van der Waals surface area (Å²) in [6.45, 7) is 4.96. The maximum absolute atomic E-state index is 13.4. The number of benzene rings is 2. The van der Waals surface area contributed by atoms with Crippen molar-refractivity contribution in [1.29, 1.82) is 0 Å². The minimum Gasteiger partial charge on any atom is -0.352 e. The molecule has 1 atom stereocenters. The molecule has 7 nitrogen and oxygen atoms in total. The normalized spacial score (nSPS) is 12.3. The lowest BCUT2D eigenvalue weighted by Crippen LogP contribution is -2.52. The topological polar surface area (TPSA) is 86.8 Å². The van der Waals surface area contributed by atoms with Crippen LogP contribution in [0.2, 0.25) is 5.02 Å². The van der Waals surface area contributed by atoms with E-state index in [-0.39, 0.29) is 18.5 Å². The lowest BCUT2D eigenvalue weighted by atomic mass is 10.1. The van der Waals surface area contributed by atoms with Crippen molar-refractivity contribution in [2.75, 3.05) is 17.1 Å². The van der Waals surface area contributed by atoms with Crippen LogP contribution < -0.4 is 9.62 Å². The number of halogens is 2. The molecular formula is C22H27ClIN3O4S. The van der Waals surface area contributed by atoms with Crippen LogP contribution in [0.5, 0.6) is 0 Å². The van der Waals surface area contributed by atoms with Gasteiger partial charge in [-0.1, -0.05) is 23.7 Å². The number of rotatable bonds is 9. The molecule has 0 heterocycles. The van der Waals surface area contributed by atoms with Gasteiger partial charge in [-0.05, 0) is 85.3 Å². The molecule has 174 valence electrons. The maximum atomic E-state index is 13.4. The van der Waals surface area contributed by atoms with E-state index in [4.69, 9.17) is 11.6 Å². The summed E-state index contributed by atoms with van der Waals surface area (Å²) in [4.78, 5) is 27.4. The molecule has 1 N–H and O–H groups in total. The van der Waals surface area contributed by atoms with Crippen LogP contribution in [-0.2, 0) is 26.2 Å². The van der Waals surface area contributed by atoms with Crippen LogP contribution in [0.15, 0.2) is 48.5 Å². The first-order valence-electron chi connectivity index (χ1n) is 9.96. The number of carbonyl (C=O) groups is 2. The number of nitrogens with zero attached hydrogens (tertiary/aromatic N) is 2. The molecule has 0 aliphatic heterocycles. The van der Waals surface area contributed by atoms with Gasteiger partial charge in [-0.15, -0.1) is 0 Å². The van der Waals surface area contributed by atoms with Gasteiger partial charge in [-0.2, -0.15) is 0 Å². The van der Waals surface area contributed by atoms with Crippen molar-refractivity contribution < 1.29 is 18.0 Å². The SMILES string of the molecule is CC(C)NC(=O)[C@@H](C)N(Cc1cccc(Cl)c1)C(=O)CN(c1ccc(I)cc1)S(C)(=O)=O. The molecule has 0 saturated carbocycles. The molecule has 2 amide bonds. The first-order chi connectivity index (χ1) is 14.9. The van der Waals surface area contributed by atoms with Crippen LogP contribution >= 0.6 is 34.2 Å².